The number of carbonyl (C=O) groups is 1. The van der Waals surface area contributed by atoms with Crippen molar-refractivity contribution in [2.24, 2.45) is 10.9 Å². The lowest BCUT2D eigenvalue weighted by atomic mass is 10.00. The van der Waals surface area contributed by atoms with E-state index in [4.69, 9.17) is 0 Å². The van der Waals surface area contributed by atoms with Crippen LogP contribution in [0, 0.1) is 30.1 Å². The van der Waals surface area contributed by atoms with Crippen LogP contribution in [0.1, 0.15) is 19.4 Å². The van der Waals surface area contributed by atoms with Crippen molar-refractivity contribution >= 4 is 23.4 Å². The lowest BCUT2D eigenvalue weighted by Gasteiger charge is -2.44. The topological polar surface area (TPSA) is 83.8 Å². The summed E-state index contributed by atoms with van der Waals surface area (Å²) >= 11 is 0. The van der Waals surface area contributed by atoms with Gasteiger partial charge in [-0.2, -0.15) is 5.26 Å². The molecule has 7 nitrogen and oxygen atoms in total. The lowest BCUT2D eigenvalue weighted by Crippen LogP contribution is -2.60. The summed E-state index contributed by atoms with van der Waals surface area (Å²) in [6.45, 7) is 7.55. The first kappa shape index (κ1) is 22.1. The van der Waals surface area contributed by atoms with Crippen LogP contribution in [0.25, 0.3) is 0 Å². The van der Waals surface area contributed by atoms with Gasteiger partial charge in [-0.1, -0.05) is 38.1 Å². The maximum atomic E-state index is 13.4. The van der Waals surface area contributed by atoms with Crippen molar-refractivity contribution in [2.75, 3.05) is 30.3 Å². The van der Waals surface area contributed by atoms with Gasteiger partial charge in [-0.05, 0) is 42.7 Å². The van der Waals surface area contributed by atoms with Crippen LogP contribution in [0.15, 0.2) is 53.5 Å². The number of carbonyl (C=O) groups excluding carboxylic acids is 1. The number of nitriles is 1. The van der Waals surface area contributed by atoms with E-state index in [0.29, 0.717) is 31.3 Å². The van der Waals surface area contributed by atoms with Crippen LogP contribution in [0.3, 0.4) is 0 Å². The summed E-state index contributed by atoms with van der Waals surface area (Å²) in [5, 5.41) is 15.3. The molecule has 1 heterocycles. The van der Waals surface area contributed by atoms with Crippen LogP contribution in [0.2, 0.25) is 0 Å². The van der Waals surface area contributed by atoms with Gasteiger partial charge in [-0.15, -0.1) is 4.99 Å². The Labute approximate surface area is 182 Å². The Kier molecular flexibility index (Phi) is 7.08. The first-order valence-corrected chi connectivity index (χ1v) is 10.3. The van der Waals surface area contributed by atoms with Gasteiger partial charge in [0.15, 0.2) is 0 Å². The fraction of sp³-hybridized carbons (Fsp3) is 0.348. The maximum Gasteiger partial charge on any atom is 0.321 e. The predicted octanol–water partition coefficient (Wildman–Crippen LogP) is 4.26. The minimum Gasteiger partial charge on any atom is -0.335 e. The van der Waals surface area contributed by atoms with Gasteiger partial charge in [0.2, 0.25) is 12.2 Å². The maximum absolute atomic E-state index is 13.4. The molecule has 0 aliphatic carbocycles. The van der Waals surface area contributed by atoms with Gasteiger partial charge in [-0.3, -0.25) is 0 Å². The molecule has 0 radical (unpaired) electrons. The number of benzene rings is 2. The number of hydrogen-bond donors (Lipinski definition) is 2. The minimum atomic E-state index is -0.401. The Hall–Kier alpha value is -3.60. The molecule has 1 fully saturated rings. The Morgan fingerprint density at radius 1 is 1.19 bits per heavy atom. The van der Waals surface area contributed by atoms with Crippen molar-refractivity contribution in [2.45, 2.75) is 26.8 Å². The first-order valence-electron chi connectivity index (χ1n) is 10.3. The number of aliphatic imine (C=N–C) groups is 1. The minimum absolute atomic E-state index is 0.0457. The zero-order chi connectivity index (χ0) is 22.4. The van der Waals surface area contributed by atoms with Crippen LogP contribution in [-0.4, -0.2) is 47.5 Å². The van der Waals surface area contributed by atoms with E-state index in [0.717, 1.165) is 11.3 Å². The van der Waals surface area contributed by atoms with E-state index in [1.807, 2.05) is 42.3 Å². The molecule has 2 aromatic carbocycles. The number of anilines is 2. The highest BCUT2D eigenvalue weighted by atomic mass is 19.1. The van der Waals surface area contributed by atoms with Crippen molar-refractivity contribution in [1.82, 2.24) is 9.80 Å². The second-order valence-corrected chi connectivity index (χ2v) is 7.87. The largest absolute Gasteiger partial charge is 0.335 e. The Morgan fingerprint density at radius 3 is 2.65 bits per heavy atom. The molecular formula is C23H27FN6O. The zero-order valence-electron chi connectivity index (χ0n) is 18.0. The van der Waals surface area contributed by atoms with E-state index in [1.165, 1.54) is 12.1 Å². The quantitative estimate of drug-likeness (QED) is 0.440. The highest BCUT2D eigenvalue weighted by Crippen LogP contribution is 2.21. The van der Waals surface area contributed by atoms with Gasteiger partial charge in [0.1, 0.15) is 5.82 Å². The summed E-state index contributed by atoms with van der Waals surface area (Å²) in [6, 6.07) is 13.3. The second-order valence-electron chi connectivity index (χ2n) is 7.87. The number of guanidine groups is 1. The summed E-state index contributed by atoms with van der Waals surface area (Å²) in [6.07, 6.45) is 1.89. The van der Waals surface area contributed by atoms with E-state index in [2.05, 4.69) is 29.5 Å². The SMILES string of the molecule is Cc1ccccc1N/C(=N\C#N)N1CCN(C(=O)Nc2cccc(F)c2)CC1C(C)C. The smallest absolute Gasteiger partial charge is 0.321 e. The molecule has 1 aliphatic rings. The van der Waals surface area contributed by atoms with Gasteiger partial charge in [-0.25, -0.2) is 9.18 Å². The summed E-state index contributed by atoms with van der Waals surface area (Å²) in [5.74, 6) is 0.273. The summed E-state index contributed by atoms with van der Waals surface area (Å²) in [5.41, 5.74) is 2.34. The summed E-state index contributed by atoms with van der Waals surface area (Å²) in [7, 11) is 0. The summed E-state index contributed by atoms with van der Waals surface area (Å²) in [4.78, 5) is 20.6. The monoisotopic (exact) mass is 422 g/mol. The molecule has 162 valence electrons. The fourth-order valence-corrected chi connectivity index (χ4v) is 3.64. The van der Waals surface area contributed by atoms with Crippen LogP contribution >= 0.6 is 0 Å². The van der Waals surface area contributed by atoms with Crippen molar-refractivity contribution < 1.29 is 9.18 Å². The third kappa shape index (κ3) is 5.51. The van der Waals surface area contributed by atoms with E-state index in [9.17, 15) is 14.4 Å². The molecule has 2 amide bonds. The normalized spacial score (nSPS) is 16.8. The Balaban J connectivity index is 1.75. The molecule has 3 rings (SSSR count). The fourth-order valence-electron chi connectivity index (χ4n) is 3.64. The number of piperazine rings is 1. The number of para-hydroxylation sites is 1. The molecule has 1 unspecified atom stereocenters. The standard InChI is InChI=1S/C23H27FN6O/c1-16(2)21-14-29(23(31)27-19-9-6-8-18(24)13-19)11-12-30(21)22(26-15-25)28-20-10-5-4-7-17(20)3/h4-10,13,16,21H,11-12,14H2,1-3H3,(H,26,28)(H,27,31). The van der Waals surface area contributed by atoms with Crippen molar-refractivity contribution in [1.29, 1.82) is 5.26 Å². The second kappa shape index (κ2) is 9.94. The average Bonchev–Trinajstić information content (AvgIpc) is 2.74. The van der Waals surface area contributed by atoms with Crippen molar-refractivity contribution in [3.8, 4) is 6.19 Å². The summed E-state index contributed by atoms with van der Waals surface area (Å²) < 4.78 is 13.4. The third-order valence-electron chi connectivity index (χ3n) is 5.37. The van der Waals surface area contributed by atoms with Gasteiger partial charge >= 0.3 is 6.03 Å². The van der Waals surface area contributed by atoms with Gasteiger partial charge in [0.25, 0.3) is 0 Å². The highest BCUT2D eigenvalue weighted by molar-refractivity contribution is 5.95. The zero-order valence-corrected chi connectivity index (χ0v) is 18.0. The number of amides is 2. The molecule has 8 heteroatoms. The van der Waals surface area contributed by atoms with Crippen LogP contribution < -0.4 is 10.6 Å². The van der Waals surface area contributed by atoms with Gasteiger partial charge in [0.05, 0.1) is 6.04 Å². The molecule has 0 saturated carbocycles. The van der Waals surface area contributed by atoms with Gasteiger partial charge in [0, 0.05) is 31.0 Å². The van der Waals surface area contributed by atoms with Gasteiger partial charge < -0.3 is 20.4 Å². The number of nitrogens with zero attached hydrogens (tertiary/aromatic N) is 4. The Bertz CT molecular complexity index is 1000. The molecule has 1 saturated heterocycles. The molecule has 1 aliphatic heterocycles. The molecule has 2 N–H and O–H groups in total. The number of nitrogens with one attached hydrogen (secondary N) is 2. The van der Waals surface area contributed by atoms with E-state index in [1.54, 1.807) is 17.0 Å². The Morgan fingerprint density at radius 2 is 1.97 bits per heavy atom. The third-order valence-corrected chi connectivity index (χ3v) is 5.37. The molecular weight excluding hydrogens is 395 g/mol. The number of urea groups is 1. The van der Waals surface area contributed by atoms with E-state index >= 15 is 0 Å². The van der Waals surface area contributed by atoms with Crippen LogP contribution in [-0.2, 0) is 0 Å². The van der Waals surface area contributed by atoms with E-state index < -0.39 is 5.82 Å². The van der Waals surface area contributed by atoms with Crippen LogP contribution in [0.5, 0.6) is 0 Å². The lowest BCUT2D eigenvalue weighted by molar-refractivity contribution is 0.120. The molecule has 31 heavy (non-hydrogen) atoms. The molecule has 2 aromatic rings. The molecule has 0 aromatic heterocycles. The first-order chi connectivity index (χ1) is 14.9. The van der Waals surface area contributed by atoms with Crippen molar-refractivity contribution in [3.63, 3.8) is 0 Å². The number of halogens is 1. The number of aryl methyl sites for hydroxylation is 1. The molecule has 1 atom stereocenters. The molecule has 0 spiro atoms. The van der Waals surface area contributed by atoms with E-state index in [-0.39, 0.29) is 18.0 Å². The number of hydrogen-bond acceptors (Lipinski definition) is 3. The average molecular weight is 423 g/mol. The predicted molar refractivity (Wildman–Crippen MR) is 120 cm³/mol. The van der Waals surface area contributed by atoms with Crippen LogP contribution in [0.4, 0.5) is 20.6 Å². The highest BCUT2D eigenvalue weighted by Gasteiger charge is 2.33. The van der Waals surface area contributed by atoms with Crippen molar-refractivity contribution in [3.05, 3.63) is 59.9 Å². The number of rotatable bonds is 3. The molecule has 0 bridgehead atoms.